The second-order valence-electron chi connectivity index (χ2n) is 4.50. The Bertz CT molecular complexity index is 413. The summed E-state index contributed by atoms with van der Waals surface area (Å²) in [6, 6.07) is 21.5. The Morgan fingerprint density at radius 2 is 1.24 bits per heavy atom. The van der Waals surface area contributed by atoms with E-state index in [0.29, 0.717) is 0 Å². The zero-order chi connectivity index (χ0) is 12.1. The van der Waals surface area contributed by atoms with Crippen molar-refractivity contribution >= 4 is 17.9 Å². The van der Waals surface area contributed by atoms with Crippen molar-refractivity contribution in [3.05, 3.63) is 60.7 Å². The van der Waals surface area contributed by atoms with Crippen LogP contribution in [0.25, 0.3) is 0 Å². The molecule has 0 aliphatic carbocycles. The number of hydrogen-bond donors (Lipinski definition) is 0. The fourth-order valence-corrected chi connectivity index (χ4v) is 5.33. The molecule has 0 saturated heterocycles. The summed E-state index contributed by atoms with van der Waals surface area (Å²) in [6.45, 7) is 2.36. The molecule has 0 atom stereocenters. The third-order valence-corrected chi connectivity index (χ3v) is 7.34. The van der Waals surface area contributed by atoms with Crippen LogP contribution in [0.2, 0.25) is 0 Å². The molecule has 0 aliphatic rings. The van der Waals surface area contributed by atoms with Gasteiger partial charge < -0.3 is 0 Å². The molecule has 0 fully saturated rings. The van der Waals surface area contributed by atoms with E-state index in [1.54, 1.807) is 7.11 Å². The fraction of sp³-hybridized carbons (Fsp3) is 0.200. The quantitative estimate of drug-likeness (QED) is 0.753. The third-order valence-electron chi connectivity index (χ3n) is 3.25. The van der Waals surface area contributed by atoms with Crippen LogP contribution >= 0.6 is 7.26 Å². The van der Waals surface area contributed by atoms with Gasteiger partial charge in [0.2, 0.25) is 0 Å². The van der Waals surface area contributed by atoms with E-state index < -0.39 is 7.26 Å². The van der Waals surface area contributed by atoms with Gasteiger partial charge >= 0.3 is 103 Å². The first kappa shape index (κ1) is 12.3. The summed E-state index contributed by atoms with van der Waals surface area (Å²) in [5.74, 6) is 0. The number of rotatable bonds is 4. The van der Waals surface area contributed by atoms with E-state index in [4.69, 9.17) is 4.74 Å². The van der Waals surface area contributed by atoms with Gasteiger partial charge in [0.15, 0.2) is 0 Å². The number of benzene rings is 2. The average molecular weight is 246 g/mol. The summed E-state index contributed by atoms with van der Waals surface area (Å²) in [6.07, 6.45) is 0.820. The summed E-state index contributed by atoms with van der Waals surface area (Å²) >= 11 is 0. The molecule has 90 valence electrons. The molecule has 0 bridgehead atoms. The standard InChI is InChI=1S/C15H19OP/c1-16-13-17(2,14-9-5-3-6-10-14)15-11-7-4-8-12-15/h3-12,17H,13H2,1-2H3. The van der Waals surface area contributed by atoms with Gasteiger partial charge in [-0.15, -0.1) is 0 Å². The van der Waals surface area contributed by atoms with E-state index in [-0.39, 0.29) is 0 Å². The van der Waals surface area contributed by atoms with Gasteiger partial charge in [0.1, 0.15) is 0 Å². The fourth-order valence-electron chi connectivity index (χ4n) is 2.23. The maximum absolute atomic E-state index is 5.48. The van der Waals surface area contributed by atoms with Crippen molar-refractivity contribution in [2.45, 2.75) is 0 Å². The van der Waals surface area contributed by atoms with Crippen LogP contribution in [0.4, 0.5) is 0 Å². The van der Waals surface area contributed by atoms with Crippen molar-refractivity contribution in [3.8, 4) is 0 Å². The Morgan fingerprint density at radius 1 is 0.824 bits per heavy atom. The molecular weight excluding hydrogens is 227 g/mol. The first-order valence-corrected chi connectivity index (χ1v) is 8.58. The molecule has 0 radical (unpaired) electrons. The summed E-state index contributed by atoms with van der Waals surface area (Å²) in [5, 5.41) is 2.85. The maximum atomic E-state index is 5.48. The van der Waals surface area contributed by atoms with Crippen LogP contribution in [0.1, 0.15) is 0 Å². The Balaban J connectivity index is 2.47. The van der Waals surface area contributed by atoms with Gasteiger partial charge in [-0.05, 0) is 0 Å². The zero-order valence-electron chi connectivity index (χ0n) is 10.4. The number of ether oxygens (including phenoxy) is 1. The summed E-state index contributed by atoms with van der Waals surface area (Å²) < 4.78 is 5.48. The predicted octanol–water partition coefficient (Wildman–Crippen LogP) is 2.62. The molecule has 0 unspecified atom stereocenters. The van der Waals surface area contributed by atoms with Crippen molar-refractivity contribution in [3.63, 3.8) is 0 Å². The van der Waals surface area contributed by atoms with Crippen molar-refractivity contribution in [1.82, 2.24) is 0 Å². The zero-order valence-corrected chi connectivity index (χ0v) is 11.4. The van der Waals surface area contributed by atoms with Gasteiger partial charge in [0.25, 0.3) is 0 Å². The first-order chi connectivity index (χ1) is 8.27. The van der Waals surface area contributed by atoms with E-state index in [1.165, 1.54) is 10.6 Å². The molecule has 0 spiro atoms. The van der Waals surface area contributed by atoms with E-state index >= 15 is 0 Å². The van der Waals surface area contributed by atoms with Crippen molar-refractivity contribution < 1.29 is 4.74 Å². The van der Waals surface area contributed by atoms with Gasteiger partial charge in [0.05, 0.1) is 0 Å². The topological polar surface area (TPSA) is 9.23 Å². The van der Waals surface area contributed by atoms with E-state index in [0.717, 1.165) is 6.35 Å². The van der Waals surface area contributed by atoms with Gasteiger partial charge in [-0.1, -0.05) is 0 Å². The second kappa shape index (κ2) is 5.44. The molecule has 2 heteroatoms. The Hall–Kier alpha value is -1.17. The predicted molar refractivity (Wildman–Crippen MR) is 78.3 cm³/mol. The van der Waals surface area contributed by atoms with Crippen LogP contribution in [0.3, 0.4) is 0 Å². The van der Waals surface area contributed by atoms with Crippen molar-refractivity contribution in [1.29, 1.82) is 0 Å². The third kappa shape index (κ3) is 2.57. The molecule has 17 heavy (non-hydrogen) atoms. The van der Waals surface area contributed by atoms with Gasteiger partial charge in [-0.3, -0.25) is 0 Å². The van der Waals surface area contributed by atoms with Gasteiger partial charge in [-0.25, -0.2) is 0 Å². The van der Waals surface area contributed by atoms with Crippen LogP contribution < -0.4 is 10.6 Å². The molecule has 2 aromatic carbocycles. The summed E-state index contributed by atoms with van der Waals surface area (Å²) in [5.41, 5.74) is 0. The molecule has 2 rings (SSSR count). The Labute approximate surface area is 104 Å². The summed E-state index contributed by atoms with van der Waals surface area (Å²) in [7, 11) is 0.0650. The molecular formula is C15H19OP. The Kier molecular flexibility index (Phi) is 3.93. The minimum absolute atomic E-state index is 0.820. The molecule has 2 aromatic rings. The molecule has 0 heterocycles. The van der Waals surface area contributed by atoms with Crippen molar-refractivity contribution in [2.24, 2.45) is 0 Å². The van der Waals surface area contributed by atoms with E-state index in [1.807, 2.05) is 0 Å². The average Bonchev–Trinajstić information content (AvgIpc) is 2.41. The SMILES string of the molecule is COC[PH](C)(c1ccccc1)c1ccccc1. The Morgan fingerprint density at radius 3 is 1.59 bits per heavy atom. The second-order valence-corrected chi connectivity index (χ2v) is 8.60. The van der Waals surface area contributed by atoms with Crippen LogP contribution in [0.5, 0.6) is 0 Å². The van der Waals surface area contributed by atoms with Gasteiger partial charge in [0, 0.05) is 0 Å². The molecule has 0 aliphatic heterocycles. The van der Waals surface area contributed by atoms with Crippen LogP contribution in [0, 0.1) is 0 Å². The van der Waals surface area contributed by atoms with Crippen LogP contribution in [-0.2, 0) is 4.74 Å². The minimum atomic E-state index is -1.72. The normalized spacial score (nSPS) is 12.4. The van der Waals surface area contributed by atoms with Crippen LogP contribution in [0.15, 0.2) is 60.7 Å². The van der Waals surface area contributed by atoms with E-state index in [2.05, 4.69) is 67.3 Å². The van der Waals surface area contributed by atoms with Crippen molar-refractivity contribution in [2.75, 3.05) is 20.1 Å². The monoisotopic (exact) mass is 246 g/mol. The molecule has 0 saturated carbocycles. The van der Waals surface area contributed by atoms with Gasteiger partial charge in [-0.2, -0.15) is 0 Å². The number of methoxy groups -OCH3 is 1. The molecule has 0 aromatic heterocycles. The first-order valence-electron chi connectivity index (χ1n) is 5.87. The summed E-state index contributed by atoms with van der Waals surface area (Å²) in [4.78, 5) is 0. The number of hydrogen-bond acceptors (Lipinski definition) is 1. The molecule has 0 amide bonds. The molecule has 1 nitrogen and oxygen atoms in total. The molecule has 0 N–H and O–H groups in total. The van der Waals surface area contributed by atoms with E-state index in [9.17, 15) is 0 Å². The van der Waals surface area contributed by atoms with Crippen LogP contribution in [-0.4, -0.2) is 20.1 Å².